The normalized spacial score (nSPS) is 11.5. The van der Waals surface area contributed by atoms with Gasteiger partial charge in [0.25, 0.3) is 5.56 Å². The molecule has 0 saturated carbocycles. The average Bonchev–Trinajstić information content (AvgIpc) is 3.14. The van der Waals surface area contributed by atoms with E-state index in [9.17, 15) is 9.18 Å². The molecule has 0 bridgehead atoms. The molecule has 0 saturated heterocycles. The Morgan fingerprint density at radius 2 is 1.90 bits per heavy atom. The van der Waals surface area contributed by atoms with E-state index >= 15 is 0 Å². The molecule has 29 heavy (non-hydrogen) atoms. The van der Waals surface area contributed by atoms with Crippen molar-refractivity contribution in [2.75, 3.05) is 0 Å². The van der Waals surface area contributed by atoms with Gasteiger partial charge >= 0.3 is 0 Å². The minimum absolute atomic E-state index is 0.0692. The van der Waals surface area contributed by atoms with E-state index in [0.717, 1.165) is 27.3 Å². The number of benzene rings is 2. The molecule has 3 nitrogen and oxygen atoms in total. The second kappa shape index (κ2) is 7.91. The summed E-state index contributed by atoms with van der Waals surface area (Å²) in [5.74, 6) is 0.875. The first-order chi connectivity index (χ1) is 14.0. The van der Waals surface area contributed by atoms with Gasteiger partial charge in [-0.3, -0.25) is 9.36 Å². The van der Waals surface area contributed by atoms with Crippen molar-refractivity contribution in [2.45, 2.75) is 39.7 Å². The van der Waals surface area contributed by atoms with E-state index in [1.807, 2.05) is 18.4 Å². The van der Waals surface area contributed by atoms with Gasteiger partial charge in [0.1, 0.15) is 16.5 Å². The predicted molar refractivity (Wildman–Crippen MR) is 118 cm³/mol. The highest BCUT2D eigenvalue weighted by Crippen LogP contribution is 2.32. The summed E-state index contributed by atoms with van der Waals surface area (Å²) in [6, 6.07) is 14.7. The molecule has 2 heterocycles. The molecule has 4 aromatic rings. The van der Waals surface area contributed by atoms with E-state index in [0.29, 0.717) is 24.3 Å². The Kier molecular flexibility index (Phi) is 5.33. The highest BCUT2D eigenvalue weighted by Gasteiger charge is 2.17. The summed E-state index contributed by atoms with van der Waals surface area (Å²) in [6.45, 7) is 6.62. The van der Waals surface area contributed by atoms with Gasteiger partial charge in [-0.25, -0.2) is 9.37 Å². The van der Waals surface area contributed by atoms with Crippen LogP contribution in [-0.4, -0.2) is 9.55 Å². The maximum Gasteiger partial charge on any atom is 0.263 e. The molecule has 0 N–H and O–H groups in total. The summed E-state index contributed by atoms with van der Waals surface area (Å²) in [5.41, 5.74) is 3.87. The molecule has 0 fully saturated rings. The summed E-state index contributed by atoms with van der Waals surface area (Å²) < 4.78 is 15.3. The van der Waals surface area contributed by atoms with E-state index in [4.69, 9.17) is 4.98 Å². The maximum atomic E-state index is 13.6. The minimum Gasteiger partial charge on any atom is -0.292 e. The molecular formula is C24H23FN2OS. The van der Waals surface area contributed by atoms with Crippen molar-refractivity contribution in [1.29, 1.82) is 0 Å². The van der Waals surface area contributed by atoms with E-state index in [1.54, 1.807) is 10.6 Å². The van der Waals surface area contributed by atoms with E-state index < -0.39 is 0 Å². The Morgan fingerprint density at radius 3 is 2.55 bits per heavy atom. The van der Waals surface area contributed by atoms with Gasteiger partial charge in [-0.2, -0.15) is 0 Å². The lowest BCUT2D eigenvalue weighted by Gasteiger charge is -2.12. The Labute approximate surface area is 173 Å². The third-order valence-electron chi connectivity index (χ3n) is 5.21. The molecule has 0 radical (unpaired) electrons. The predicted octanol–water partition coefficient (Wildman–Crippen LogP) is 6.00. The van der Waals surface area contributed by atoms with Gasteiger partial charge in [-0.15, -0.1) is 11.3 Å². The van der Waals surface area contributed by atoms with E-state index in [-0.39, 0.29) is 11.4 Å². The molecule has 2 aromatic carbocycles. The first kappa shape index (κ1) is 19.5. The second-order valence-electron chi connectivity index (χ2n) is 7.51. The van der Waals surface area contributed by atoms with Gasteiger partial charge in [0.2, 0.25) is 0 Å². The van der Waals surface area contributed by atoms with Crippen molar-refractivity contribution in [1.82, 2.24) is 9.55 Å². The fraction of sp³-hybridized carbons (Fsp3) is 0.250. The van der Waals surface area contributed by atoms with Crippen LogP contribution in [0.1, 0.15) is 43.6 Å². The van der Waals surface area contributed by atoms with Crippen LogP contribution >= 0.6 is 11.3 Å². The standard InChI is InChI=1S/C24H23FN2OS/c1-4-21-26-23-22(24(28)27(21)13-16-6-5-7-19(25)12-16)20(14-29-23)18-10-8-17(9-11-18)15(2)3/h5-12,14-15H,4,13H2,1-3H3. The van der Waals surface area contributed by atoms with Crippen LogP contribution in [0.3, 0.4) is 0 Å². The van der Waals surface area contributed by atoms with Gasteiger partial charge in [0.15, 0.2) is 0 Å². The van der Waals surface area contributed by atoms with Crippen LogP contribution in [0.2, 0.25) is 0 Å². The van der Waals surface area contributed by atoms with E-state index in [2.05, 4.69) is 38.1 Å². The molecule has 0 aliphatic carbocycles. The Hall–Kier alpha value is -2.79. The molecule has 0 spiro atoms. The fourth-order valence-electron chi connectivity index (χ4n) is 3.58. The van der Waals surface area contributed by atoms with Crippen molar-refractivity contribution in [3.63, 3.8) is 0 Å². The van der Waals surface area contributed by atoms with Crippen LogP contribution in [0.5, 0.6) is 0 Å². The Balaban J connectivity index is 1.85. The molecular weight excluding hydrogens is 383 g/mol. The molecule has 0 atom stereocenters. The number of halogens is 1. The topological polar surface area (TPSA) is 34.9 Å². The number of fused-ring (bicyclic) bond motifs is 1. The van der Waals surface area contributed by atoms with Crippen LogP contribution in [0.25, 0.3) is 21.3 Å². The van der Waals surface area contributed by atoms with Crippen LogP contribution in [0, 0.1) is 5.82 Å². The molecule has 5 heteroatoms. The summed E-state index contributed by atoms with van der Waals surface area (Å²) in [5, 5.41) is 2.65. The minimum atomic E-state index is -0.302. The SMILES string of the molecule is CCc1nc2scc(-c3ccc(C(C)C)cc3)c2c(=O)n1Cc1cccc(F)c1. The fourth-order valence-corrected chi connectivity index (χ4v) is 4.53. The summed E-state index contributed by atoms with van der Waals surface area (Å²) >= 11 is 1.50. The molecule has 0 aliphatic rings. The van der Waals surface area contributed by atoms with E-state index in [1.165, 1.54) is 29.0 Å². The van der Waals surface area contributed by atoms with Crippen LogP contribution in [-0.2, 0) is 13.0 Å². The van der Waals surface area contributed by atoms with Gasteiger partial charge in [-0.05, 0) is 34.7 Å². The third kappa shape index (κ3) is 3.75. The first-order valence-electron chi connectivity index (χ1n) is 9.83. The Morgan fingerprint density at radius 1 is 1.14 bits per heavy atom. The van der Waals surface area contributed by atoms with Crippen LogP contribution in [0.15, 0.2) is 58.7 Å². The number of nitrogens with zero attached hydrogens (tertiary/aromatic N) is 2. The van der Waals surface area contributed by atoms with Crippen LogP contribution < -0.4 is 5.56 Å². The number of thiophene rings is 1. The summed E-state index contributed by atoms with van der Waals surface area (Å²) in [7, 11) is 0. The zero-order valence-corrected chi connectivity index (χ0v) is 17.6. The zero-order valence-electron chi connectivity index (χ0n) is 16.8. The maximum absolute atomic E-state index is 13.6. The monoisotopic (exact) mass is 406 g/mol. The second-order valence-corrected chi connectivity index (χ2v) is 8.37. The quantitative estimate of drug-likeness (QED) is 0.407. The Bertz CT molecular complexity index is 1220. The lowest BCUT2D eigenvalue weighted by Crippen LogP contribution is -2.25. The smallest absolute Gasteiger partial charge is 0.263 e. The number of hydrogen-bond acceptors (Lipinski definition) is 3. The van der Waals surface area contributed by atoms with Crippen molar-refractivity contribution in [3.05, 3.63) is 87.0 Å². The largest absolute Gasteiger partial charge is 0.292 e. The van der Waals surface area contributed by atoms with Crippen molar-refractivity contribution >= 4 is 21.6 Å². The molecule has 0 amide bonds. The number of rotatable bonds is 5. The van der Waals surface area contributed by atoms with Gasteiger partial charge < -0.3 is 0 Å². The van der Waals surface area contributed by atoms with Gasteiger partial charge in [0.05, 0.1) is 11.9 Å². The molecule has 0 unspecified atom stereocenters. The van der Waals surface area contributed by atoms with Gasteiger partial charge in [-0.1, -0.05) is 57.2 Å². The number of aryl methyl sites for hydroxylation is 1. The van der Waals surface area contributed by atoms with Crippen molar-refractivity contribution < 1.29 is 4.39 Å². The van der Waals surface area contributed by atoms with Crippen molar-refractivity contribution in [2.24, 2.45) is 0 Å². The highest BCUT2D eigenvalue weighted by molar-refractivity contribution is 7.17. The summed E-state index contributed by atoms with van der Waals surface area (Å²) in [4.78, 5) is 19.0. The van der Waals surface area contributed by atoms with Gasteiger partial charge in [0, 0.05) is 17.4 Å². The average molecular weight is 407 g/mol. The first-order valence-corrected chi connectivity index (χ1v) is 10.7. The summed E-state index contributed by atoms with van der Waals surface area (Å²) in [6.07, 6.45) is 0.636. The number of hydrogen-bond donors (Lipinski definition) is 0. The molecule has 0 aliphatic heterocycles. The highest BCUT2D eigenvalue weighted by atomic mass is 32.1. The van der Waals surface area contributed by atoms with Crippen molar-refractivity contribution in [3.8, 4) is 11.1 Å². The van der Waals surface area contributed by atoms with Crippen LogP contribution in [0.4, 0.5) is 4.39 Å². The molecule has 2 aromatic heterocycles. The lowest BCUT2D eigenvalue weighted by molar-refractivity contribution is 0.620. The molecule has 4 rings (SSSR count). The zero-order chi connectivity index (χ0) is 20.5. The molecule has 148 valence electrons. The lowest BCUT2D eigenvalue weighted by atomic mass is 9.99. The third-order valence-corrected chi connectivity index (χ3v) is 6.08. The number of aromatic nitrogens is 2.